The normalized spacial score (nSPS) is 12.2. The van der Waals surface area contributed by atoms with Crippen molar-refractivity contribution in [1.29, 1.82) is 0 Å². The zero-order valence-corrected chi connectivity index (χ0v) is 22.1. The van der Waals surface area contributed by atoms with E-state index in [-0.39, 0.29) is 17.8 Å². The second-order valence-electron chi connectivity index (χ2n) is 8.69. The van der Waals surface area contributed by atoms with Crippen LogP contribution in [0, 0.1) is 6.92 Å². The third-order valence-electron chi connectivity index (χ3n) is 6.12. The van der Waals surface area contributed by atoms with Crippen molar-refractivity contribution in [2.75, 3.05) is 13.7 Å². The average molecular weight is 539 g/mol. The second kappa shape index (κ2) is 12.5. The summed E-state index contributed by atoms with van der Waals surface area (Å²) in [7, 11) is -3.14. The highest BCUT2D eigenvalue weighted by atomic mass is 32.2. The van der Waals surface area contributed by atoms with E-state index in [1.807, 2.05) is 37.3 Å². The molecule has 3 aromatic rings. The van der Waals surface area contributed by atoms with Crippen LogP contribution >= 0.6 is 0 Å². The number of hydrogen-bond acceptors (Lipinski definition) is 6. The first-order valence-corrected chi connectivity index (χ1v) is 13.3. The number of carboxylic acid groups (broad SMARTS) is 1. The molecule has 38 heavy (non-hydrogen) atoms. The van der Waals surface area contributed by atoms with Crippen molar-refractivity contribution in [3.63, 3.8) is 0 Å². The van der Waals surface area contributed by atoms with Crippen LogP contribution in [-0.4, -0.2) is 48.0 Å². The number of nitrogens with zero attached hydrogens (tertiary/aromatic N) is 2. The molecule has 0 saturated carbocycles. The number of carboxylic acids is 1. The number of pyridine rings is 1. The smallest absolute Gasteiger partial charge is 0.352 e. The number of methoxy groups -OCH3 is 1. The molecule has 3 rings (SSSR count). The Hall–Kier alpha value is -4.02. The highest BCUT2D eigenvalue weighted by Gasteiger charge is 2.34. The SMILES string of the molecule is C=CC(c1ccc(C)cc1)S(=O)(=O)N(CC(=O)OC)Cc1ccc(=O)n(CCc2ccccc2)c1C(=O)O. The first-order chi connectivity index (χ1) is 18.1. The van der Waals surface area contributed by atoms with E-state index in [0.29, 0.717) is 12.0 Å². The molecule has 0 aliphatic rings. The van der Waals surface area contributed by atoms with E-state index in [0.717, 1.165) is 27.1 Å². The van der Waals surface area contributed by atoms with Crippen molar-refractivity contribution in [2.45, 2.75) is 31.7 Å². The summed E-state index contributed by atoms with van der Waals surface area (Å²) in [4.78, 5) is 37.2. The van der Waals surface area contributed by atoms with E-state index < -0.39 is 45.9 Å². The van der Waals surface area contributed by atoms with E-state index in [1.165, 1.54) is 18.2 Å². The van der Waals surface area contributed by atoms with E-state index >= 15 is 0 Å². The zero-order chi connectivity index (χ0) is 27.9. The Balaban J connectivity index is 2.05. The number of benzene rings is 2. The lowest BCUT2D eigenvalue weighted by atomic mass is 10.1. The molecule has 10 heteroatoms. The van der Waals surface area contributed by atoms with Gasteiger partial charge in [0.15, 0.2) is 0 Å². The molecule has 0 amide bonds. The first kappa shape index (κ1) is 28.5. The van der Waals surface area contributed by atoms with Crippen molar-refractivity contribution >= 4 is 22.0 Å². The number of aromatic nitrogens is 1. The largest absolute Gasteiger partial charge is 0.477 e. The lowest BCUT2D eigenvalue weighted by Gasteiger charge is -2.26. The average Bonchev–Trinajstić information content (AvgIpc) is 2.89. The van der Waals surface area contributed by atoms with E-state index in [9.17, 15) is 27.9 Å². The van der Waals surface area contributed by atoms with Crippen molar-refractivity contribution in [3.05, 3.63) is 118 Å². The second-order valence-corrected chi connectivity index (χ2v) is 10.7. The molecule has 200 valence electrons. The Bertz CT molecular complexity index is 1460. The molecule has 1 atom stereocenters. The molecule has 1 heterocycles. The number of esters is 1. The van der Waals surface area contributed by atoms with E-state index in [2.05, 4.69) is 6.58 Å². The third-order valence-corrected chi connectivity index (χ3v) is 8.20. The summed E-state index contributed by atoms with van der Waals surface area (Å²) >= 11 is 0. The van der Waals surface area contributed by atoms with Gasteiger partial charge in [-0.05, 0) is 36.1 Å². The number of aryl methyl sites for hydroxylation is 2. The standard InChI is InChI=1S/C28H30N2O7S/c1-4-24(22-12-10-20(2)11-13-22)38(35,36)29(19-26(32)37-3)18-23-14-15-25(31)30(27(23)28(33)34)17-16-21-8-6-5-7-9-21/h4-15,24H,1,16-19H2,2-3H3,(H,33,34). The van der Waals surface area contributed by atoms with Gasteiger partial charge in [-0.1, -0.05) is 66.2 Å². The monoisotopic (exact) mass is 538 g/mol. The molecule has 0 radical (unpaired) electrons. The summed E-state index contributed by atoms with van der Waals surface area (Å²) in [5.41, 5.74) is 1.46. The van der Waals surface area contributed by atoms with Gasteiger partial charge in [-0.15, -0.1) is 6.58 Å². The van der Waals surface area contributed by atoms with Gasteiger partial charge in [0.2, 0.25) is 10.0 Å². The summed E-state index contributed by atoms with van der Waals surface area (Å²) in [6.45, 7) is 4.49. The number of ether oxygens (including phenoxy) is 1. The van der Waals surface area contributed by atoms with Gasteiger partial charge >= 0.3 is 11.9 Å². The minimum atomic E-state index is -4.27. The van der Waals surface area contributed by atoms with Gasteiger partial charge in [0.25, 0.3) is 5.56 Å². The summed E-state index contributed by atoms with van der Waals surface area (Å²) in [6, 6.07) is 18.6. The van der Waals surface area contributed by atoms with Crippen LogP contribution in [-0.2, 0) is 39.1 Å². The van der Waals surface area contributed by atoms with Gasteiger partial charge < -0.3 is 14.4 Å². The maximum Gasteiger partial charge on any atom is 0.352 e. The highest BCUT2D eigenvalue weighted by Crippen LogP contribution is 2.29. The predicted molar refractivity (Wildman–Crippen MR) is 143 cm³/mol. The van der Waals surface area contributed by atoms with Gasteiger partial charge in [0.1, 0.15) is 17.5 Å². The quantitative estimate of drug-likeness (QED) is 0.277. The van der Waals surface area contributed by atoms with Gasteiger partial charge in [0, 0.05) is 19.2 Å². The zero-order valence-electron chi connectivity index (χ0n) is 21.2. The topological polar surface area (TPSA) is 123 Å². The molecular formula is C28H30N2O7S. The number of sulfonamides is 1. The van der Waals surface area contributed by atoms with Gasteiger partial charge in [0.05, 0.1) is 7.11 Å². The fourth-order valence-corrected chi connectivity index (χ4v) is 5.76. The van der Waals surface area contributed by atoms with E-state index in [4.69, 9.17) is 4.74 Å². The first-order valence-electron chi connectivity index (χ1n) is 11.8. The number of carbonyl (C=O) groups is 2. The molecule has 9 nitrogen and oxygen atoms in total. The lowest BCUT2D eigenvalue weighted by Crippen LogP contribution is -2.39. The summed E-state index contributed by atoms with van der Waals surface area (Å²) < 4.78 is 34.2. The molecule has 0 saturated heterocycles. The van der Waals surface area contributed by atoms with Gasteiger partial charge in [-0.3, -0.25) is 9.59 Å². The van der Waals surface area contributed by atoms with E-state index in [1.54, 1.807) is 24.3 Å². The fourth-order valence-electron chi connectivity index (χ4n) is 4.09. The Kier molecular flexibility index (Phi) is 9.38. The molecule has 0 aliphatic carbocycles. The Morgan fingerprint density at radius 3 is 2.32 bits per heavy atom. The maximum atomic E-state index is 13.8. The van der Waals surface area contributed by atoms with Crippen LogP contribution < -0.4 is 5.56 Å². The minimum absolute atomic E-state index is 0.0596. The van der Waals surface area contributed by atoms with Crippen LogP contribution in [0.5, 0.6) is 0 Å². The lowest BCUT2D eigenvalue weighted by molar-refractivity contribution is -0.140. The molecule has 0 bridgehead atoms. The fraction of sp³-hybridized carbons (Fsp3) is 0.250. The Morgan fingerprint density at radius 1 is 1.08 bits per heavy atom. The number of hydrogen-bond donors (Lipinski definition) is 1. The van der Waals surface area contributed by atoms with Crippen LogP contribution in [0.25, 0.3) is 0 Å². The molecule has 0 fully saturated rings. The van der Waals surface area contributed by atoms with Crippen LogP contribution in [0.2, 0.25) is 0 Å². The van der Waals surface area contributed by atoms with Crippen LogP contribution in [0.3, 0.4) is 0 Å². The number of aromatic carboxylic acids is 1. The highest BCUT2D eigenvalue weighted by molar-refractivity contribution is 7.89. The summed E-state index contributed by atoms with van der Waals surface area (Å²) in [5.74, 6) is -2.21. The number of carbonyl (C=O) groups excluding carboxylic acids is 1. The third kappa shape index (κ3) is 6.64. The Labute approximate surface area is 221 Å². The maximum absolute atomic E-state index is 13.8. The molecule has 0 spiro atoms. The van der Waals surface area contributed by atoms with Crippen molar-refractivity contribution < 1.29 is 27.9 Å². The van der Waals surface area contributed by atoms with Gasteiger partial charge in [-0.25, -0.2) is 13.2 Å². The molecule has 0 aliphatic heterocycles. The molecular weight excluding hydrogens is 508 g/mol. The van der Waals surface area contributed by atoms with Gasteiger partial charge in [-0.2, -0.15) is 4.31 Å². The van der Waals surface area contributed by atoms with Crippen LogP contribution in [0.1, 0.15) is 38.0 Å². The van der Waals surface area contributed by atoms with Crippen LogP contribution in [0.15, 0.2) is 84.2 Å². The predicted octanol–water partition coefficient (Wildman–Crippen LogP) is 3.33. The Morgan fingerprint density at radius 2 is 1.74 bits per heavy atom. The van der Waals surface area contributed by atoms with Crippen LogP contribution in [0.4, 0.5) is 0 Å². The summed E-state index contributed by atoms with van der Waals surface area (Å²) in [6.07, 6.45) is 1.64. The molecule has 1 unspecified atom stereocenters. The van der Waals surface area contributed by atoms with Crippen molar-refractivity contribution in [1.82, 2.24) is 8.87 Å². The van der Waals surface area contributed by atoms with Crippen molar-refractivity contribution in [3.8, 4) is 0 Å². The summed E-state index contributed by atoms with van der Waals surface area (Å²) in [5, 5.41) is 8.83. The minimum Gasteiger partial charge on any atom is -0.477 e. The van der Waals surface area contributed by atoms with Crippen molar-refractivity contribution in [2.24, 2.45) is 0 Å². The molecule has 2 aromatic carbocycles. The molecule has 1 aromatic heterocycles. The number of rotatable bonds is 12. The molecule has 1 N–H and O–H groups in total.